The van der Waals surface area contributed by atoms with Crippen LogP contribution in [0.25, 0.3) is 10.9 Å². The number of aliphatic hydroxyl groups excluding tert-OH is 3. The van der Waals surface area contributed by atoms with Crippen LogP contribution in [0.1, 0.15) is 32.1 Å². The van der Waals surface area contributed by atoms with Gasteiger partial charge in [-0.1, -0.05) is 30.9 Å². The Morgan fingerprint density at radius 2 is 1.84 bits per heavy atom. The molecule has 1 aliphatic heterocycles. The summed E-state index contributed by atoms with van der Waals surface area (Å²) < 4.78 is 11.2. The summed E-state index contributed by atoms with van der Waals surface area (Å²) >= 11 is 9.51. The van der Waals surface area contributed by atoms with Crippen LogP contribution >= 0.6 is 27.5 Å². The van der Waals surface area contributed by atoms with Crippen LogP contribution in [0, 0.1) is 0 Å². The standard InChI is InChI=1S/C14H13BrClNO7.C6H13N/c15-4-1-2-5-7(8(4)16)6(3-17-5)23-14-11(20)9(18)10(19)12(24-14)13(21)22;7-6-4-2-1-3-5-6/h1-3,9-12,14,17-20H,(H,21,22);6H,1-5,7H2/t9-,10-,11+,12-,14?;/m0./s1. The maximum absolute atomic E-state index is 11.1. The monoisotopic (exact) mass is 520 g/mol. The third-order valence-corrected chi connectivity index (χ3v) is 6.69. The predicted molar refractivity (Wildman–Crippen MR) is 117 cm³/mol. The van der Waals surface area contributed by atoms with Gasteiger partial charge in [0.2, 0.25) is 6.29 Å². The molecule has 2 aromatic rings. The molecule has 0 radical (unpaired) electrons. The number of H-pyrrole nitrogens is 1. The molecule has 2 heterocycles. The number of aliphatic hydroxyl groups is 3. The summed E-state index contributed by atoms with van der Waals surface area (Å²) in [7, 11) is 0. The van der Waals surface area contributed by atoms with Crippen LogP contribution in [0.4, 0.5) is 0 Å². The third kappa shape index (κ3) is 5.51. The van der Waals surface area contributed by atoms with Crippen molar-refractivity contribution in [3.05, 3.63) is 27.8 Å². The van der Waals surface area contributed by atoms with Gasteiger partial charge in [-0.05, 0) is 40.9 Å². The highest BCUT2D eigenvalue weighted by molar-refractivity contribution is 9.10. The minimum atomic E-state index is -1.78. The molecular weight excluding hydrogens is 496 g/mol. The normalized spacial score (nSPS) is 29.3. The molecule has 2 aliphatic rings. The van der Waals surface area contributed by atoms with Crippen LogP contribution in [0.15, 0.2) is 22.8 Å². The summed E-state index contributed by atoms with van der Waals surface area (Å²) in [6, 6.07) is 4.01. The van der Waals surface area contributed by atoms with Gasteiger partial charge in [0.1, 0.15) is 24.1 Å². The number of aromatic nitrogens is 1. The summed E-state index contributed by atoms with van der Waals surface area (Å²) in [5.74, 6) is -1.28. The van der Waals surface area contributed by atoms with Gasteiger partial charge < -0.3 is 40.6 Å². The average Bonchev–Trinajstić information content (AvgIpc) is 3.15. The van der Waals surface area contributed by atoms with E-state index in [2.05, 4.69) is 20.9 Å². The second-order valence-electron chi connectivity index (χ2n) is 7.69. The quantitative estimate of drug-likeness (QED) is 0.358. The minimum Gasteiger partial charge on any atom is -0.479 e. The molecule has 7 N–H and O–H groups in total. The Bertz CT molecular complexity index is 905. The molecule has 1 aromatic heterocycles. The zero-order valence-electron chi connectivity index (χ0n) is 16.6. The van der Waals surface area contributed by atoms with Crippen molar-refractivity contribution in [1.29, 1.82) is 0 Å². The van der Waals surface area contributed by atoms with Crippen molar-refractivity contribution in [2.75, 3.05) is 0 Å². The molecule has 9 nitrogen and oxygen atoms in total. The zero-order valence-corrected chi connectivity index (χ0v) is 18.9. The van der Waals surface area contributed by atoms with Crippen molar-refractivity contribution in [2.45, 2.75) is 68.9 Å². The van der Waals surface area contributed by atoms with Gasteiger partial charge >= 0.3 is 5.97 Å². The Kier molecular flexibility index (Phi) is 8.19. The number of carbonyl (C=O) groups is 1. The largest absolute Gasteiger partial charge is 0.479 e. The Morgan fingerprint density at radius 1 is 1.16 bits per heavy atom. The van der Waals surface area contributed by atoms with E-state index in [-0.39, 0.29) is 5.75 Å². The second-order valence-corrected chi connectivity index (χ2v) is 8.92. The maximum atomic E-state index is 11.1. The van der Waals surface area contributed by atoms with E-state index in [0.29, 0.717) is 26.4 Å². The van der Waals surface area contributed by atoms with Crippen LogP contribution in [-0.4, -0.2) is 68.1 Å². The first kappa shape index (κ1) is 24.2. The van der Waals surface area contributed by atoms with Gasteiger partial charge in [-0.3, -0.25) is 0 Å². The van der Waals surface area contributed by atoms with Crippen molar-refractivity contribution in [1.82, 2.24) is 4.98 Å². The van der Waals surface area contributed by atoms with Crippen molar-refractivity contribution in [3.63, 3.8) is 0 Å². The van der Waals surface area contributed by atoms with Gasteiger partial charge in [0.15, 0.2) is 6.10 Å². The van der Waals surface area contributed by atoms with Gasteiger partial charge in [-0.15, -0.1) is 0 Å². The highest BCUT2D eigenvalue weighted by Gasteiger charge is 2.48. The van der Waals surface area contributed by atoms with Crippen molar-refractivity contribution < 1.29 is 34.7 Å². The number of aromatic amines is 1. The molecule has 1 aromatic carbocycles. The van der Waals surface area contributed by atoms with Gasteiger partial charge in [0, 0.05) is 16.7 Å². The number of hydrogen-bond donors (Lipinski definition) is 6. The van der Waals surface area contributed by atoms with E-state index in [1.807, 2.05) is 0 Å². The van der Waals surface area contributed by atoms with Crippen LogP contribution in [0.3, 0.4) is 0 Å². The smallest absolute Gasteiger partial charge is 0.335 e. The highest BCUT2D eigenvalue weighted by Crippen LogP contribution is 2.38. The number of nitrogens with one attached hydrogen (secondary N) is 1. The lowest BCUT2D eigenvalue weighted by Gasteiger charge is -2.38. The van der Waals surface area contributed by atoms with E-state index in [4.69, 9.17) is 31.9 Å². The summed E-state index contributed by atoms with van der Waals surface area (Å²) in [6.45, 7) is 0. The van der Waals surface area contributed by atoms with Crippen LogP contribution in [0.2, 0.25) is 5.02 Å². The Labute approximate surface area is 192 Å². The number of hydrogen-bond acceptors (Lipinski definition) is 7. The number of aliphatic carboxylic acids is 1. The first-order chi connectivity index (χ1) is 14.7. The van der Waals surface area contributed by atoms with Gasteiger partial charge in [0.05, 0.1) is 15.9 Å². The fourth-order valence-electron chi connectivity index (χ4n) is 3.63. The Balaban J connectivity index is 0.000000330. The minimum absolute atomic E-state index is 0.202. The van der Waals surface area contributed by atoms with Crippen molar-refractivity contribution in [2.24, 2.45) is 5.73 Å². The Hall–Kier alpha value is -1.40. The first-order valence-corrected chi connectivity index (χ1v) is 11.2. The van der Waals surface area contributed by atoms with E-state index in [1.165, 1.54) is 38.3 Å². The summed E-state index contributed by atoms with van der Waals surface area (Å²) in [4.78, 5) is 14.0. The molecule has 172 valence electrons. The number of carboxylic acids is 1. The lowest BCUT2D eigenvalue weighted by molar-refractivity contribution is -0.270. The number of ether oxygens (including phenoxy) is 2. The molecule has 31 heavy (non-hydrogen) atoms. The summed E-state index contributed by atoms with van der Waals surface area (Å²) in [5.41, 5.74) is 6.29. The molecule has 0 amide bonds. The SMILES string of the molecule is NC1CCCCC1.O=C(O)[C@H]1OC(Oc2c[nH]c3ccc(Br)c(Cl)c23)[C@H](O)[C@@H](O)[C@@H]1O. The second kappa shape index (κ2) is 10.5. The molecule has 0 spiro atoms. The molecule has 1 aliphatic carbocycles. The van der Waals surface area contributed by atoms with E-state index in [1.54, 1.807) is 12.1 Å². The number of fused-ring (bicyclic) bond motifs is 1. The molecule has 1 saturated carbocycles. The number of carboxylic acid groups (broad SMARTS) is 1. The van der Waals surface area contributed by atoms with E-state index >= 15 is 0 Å². The fourth-order valence-corrected chi connectivity index (χ4v) is 4.22. The molecule has 0 bridgehead atoms. The fraction of sp³-hybridized carbons (Fsp3) is 0.550. The molecule has 4 rings (SSSR count). The van der Waals surface area contributed by atoms with Gasteiger partial charge in [-0.25, -0.2) is 4.79 Å². The number of rotatable bonds is 3. The number of nitrogens with two attached hydrogens (primary N) is 1. The molecule has 1 unspecified atom stereocenters. The van der Waals surface area contributed by atoms with E-state index in [0.717, 1.165) is 0 Å². The average molecular weight is 522 g/mol. The van der Waals surface area contributed by atoms with Crippen LogP contribution < -0.4 is 10.5 Å². The summed E-state index contributed by atoms with van der Waals surface area (Å²) in [5, 5.41) is 39.4. The molecule has 5 atom stereocenters. The Morgan fingerprint density at radius 3 is 2.42 bits per heavy atom. The van der Waals surface area contributed by atoms with Crippen LogP contribution in [0.5, 0.6) is 5.75 Å². The zero-order chi connectivity index (χ0) is 22.7. The molecule has 1 saturated heterocycles. The van der Waals surface area contributed by atoms with E-state index in [9.17, 15) is 20.1 Å². The number of benzene rings is 1. The van der Waals surface area contributed by atoms with Gasteiger partial charge in [-0.2, -0.15) is 0 Å². The maximum Gasteiger partial charge on any atom is 0.335 e. The summed E-state index contributed by atoms with van der Waals surface area (Å²) in [6.07, 6.45) is -0.274. The van der Waals surface area contributed by atoms with Gasteiger partial charge in [0.25, 0.3) is 0 Å². The molecular formula is C20H26BrClN2O7. The third-order valence-electron chi connectivity index (χ3n) is 5.41. The molecule has 2 fully saturated rings. The molecule has 11 heteroatoms. The van der Waals surface area contributed by atoms with E-state index < -0.39 is 36.7 Å². The van der Waals surface area contributed by atoms with Crippen molar-refractivity contribution >= 4 is 44.4 Å². The lowest BCUT2D eigenvalue weighted by atomic mass is 9.97. The highest BCUT2D eigenvalue weighted by atomic mass is 79.9. The van der Waals surface area contributed by atoms with Crippen molar-refractivity contribution in [3.8, 4) is 5.75 Å². The lowest BCUT2D eigenvalue weighted by Crippen LogP contribution is -2.61. The number of halogens is 2. The first-order valence-electron chi connectivity index (χ1n) is 10.0. The predicted octanol–water partition coefficient (Wildman–Crippen LogP) is 2.13. The topological polar surface area (TPSA) is 158 Å². The van der Waals surface area contributed by atoms with Crippen LogP contribution in [-0.2, 0) is 9.53 Å².